The van der Waals surface area contributed by atoms with E-state index in [0.29, 0.717) is 12.1 Å². The van der Waals surface area contributed by atoms with Crippen molar-refractivity contribution in [1.29, 1.82) is 0 Å². The fourth-order valence-corrected chi connectivity index (χ4v) is 3.46. The van der Waals surface area contributed by atoms with E-state index in [1.807, 2.05) is 11.4 Å². The summed E-state index contributed by atoms with van der Waals surface area (Å²) in [6.45, 7) is 0.713. The standard InChI is InChI=1S/C14H12F3NS/c15-14(16,17)11-4-2-1-3-9(11)13-10-6-8-19-12(10)5-7-18-13/h1-4,6,8,13,18H,5,7H2. The van der Waals surface area contributed by atoms with Gasteiger partial charge in [-0.25, -0.2) is 0 Å². The van der Waals surface area contributed by atoms with Gasteiger partial charge in [-0.3, -0.25) is 0 Å². The van der Waals surface area contributed by atoms with Crippen LogP contribution in [-0.4, -0.2) is 6.54 Å². The Balaban J connectivity index is 2.10. The first kappa shape index (κ1) is 12.7. The lowest BCUT2D eigenvalue weighted by Gasteiger charge is -2.27. The molecule has 1 aromatic heterocycles. The molecule has 0 saturated heterocycles. The van der Waals surface area contributed by atoms with Crippen LogP contribution in [0.25, 0.3) is 0 Å². The minimum Gasteiger partial charge on any atom is -0.306 e. The van der Waals surface area contributed by atoms with Gasteiger partial charge in [0.1, 0.15) is 0 Å². The van der Waals surface area contributed by atoms with Crippen molar-refractivity contribution in [3.8, 4) is 0 Å². The molecule has 2 aromatic rings. The fraction of sp³-hybridized carbons (Fsp3) is 0.286. The molecular formula is C14H12F3NS. The van der Waals surface area contributed by atoms with Gasteiger partial charge in [0, 0.05) is 11.4 Å². The van der Waals surface area contributed by atoms with Crippen molar-refractivity contribution in [2.24, 2.45) is 0 Å². The lowest BCUT2D eigenvalue weighted by atomic mass is 9.92. The Morgan fingerprint density at radius 2 is 1.89 bits per heavy atom. The molecule has 100 valence electrons. The summed E-state index contributed by atoms with van der Waals surface area (Å²) in [5, 5.41) is 5.14. The highest BCUT2D eigenvalue weighted by Gasteiger charge is 2.36. The van der Waals surface area contributed by atoms with E-state index in [1.165, 1.54) is 10.9 Å². The quantitative estimate of drug-likeness (QED) is 0.834. The smallest absolute Gasteiger partial charge is 0.306 e. The van der Waals surface area contributed by atoms with E-state index in [4.69, 9.17) is 0 Å². The van der Waals surface area contributed by atoms with Crippen molar-refractivity contribution >= 4 is 11.3 Å². The third-order valence-corrected chi connectivity index (χ3v) is 4.37. The van der Waals surface area contributed by atoms with Crippen molar-refractivity contribution in [3.63, 3.8) is 0 Å². The van der Waals surface area contributed by atoms with Crippen LogP contribution >= 0.6 is 11.3 Å². The lowest BCUT2D eigenvalue weighted by Crippen LogP contribution is -2.31. The van der Waals surface area contributed by atoms with E-state index in [2.05, 4.69) is 5.32 Å². The highest BCUT2D eigenvalue weighted by molar-refractivity contribution is 7.10. The third-order valence-electron chi connectivity index (χ3n) is 3.37. The maximum absolute atomic E-state index is 13.1. The molecule has 2 heterocycles. The van der Waals surface area contributed by atoms with E-state index in [0.717, 1.165) is 18.1 Å². The lowest BCUT2D eigenvalue weighted by molar-refractivity contribution is -0.138. The topological polar surface area (TPSA) is 12.0 Å². The largest absolute Gasteiger partial charge is 0.416 e. The van der Waals surface area contributed by atoms with Gasteiger partial charge in [-0.15, -0.1) is 11.3 Å². The number of fused-ring (bicyclic) bond motifs is 1. The Hall–Kier alpha value is -1.33. The molecule has 0 aliphatic carbocycles. The predicted molar refractivity (Wildman–Crippen MR) is 69.3 cm³/mol. The van der Waals surface area contributed by atoms with Crippen LogP contribution in [0, 0.1) is 0 Å². The molecule has 5 heteroatoms. The highest BCUT2D eigenvalue weighted by Crippen LogP contribution is 2.39. The van der Waals surface area contributed by atoms with Crippen molar-refractivity contribution in [1.82, 2.24) is 5.32 Å². The Morgan fingerprint density at radius 3 is 2.68 bits per heavy atom. The summed E-state index contributed by atoms with van der Waals surface area (Å²) in [6, 6.07) is 7.37. The van der Waals surface area contributed by atoms with Crippen molar-refractivity contribution in [2.45, 2.75) is 18.6 Å². The Kier molecular flexibility index (Phi) is 3.11. The molecule has 0 saturated carbocycles. The Labute approximate surface area is 113 Å². The van der Waals surface area contributed by atoms with E-state index >= 15 is 0 Å². The van der Waals surface area contributed by atoms with Gasteiger partial charge in [0.25, 0.3) is 0 Å². The second kappa shape index (κ2) is 4.65. The minimum atomic E-state index is -4.31. The molecule has 0 spiro atoms. The second-order valence-corrected chi connectivity index (χ2v) is 5.52. The summed E-state index contributed by atoms with van der Waals surface area (Å²) in [6.07, 6.45) is -3.43. The number of hydrogen-bond acceptors (Lipinski definition) is 2. The van der Waals surface area contributed by atoms with Crippen LogP contribution in [0.1, 0.15) is 27.6 Å². The molecule has 1 atom stereocenters. The maximum Gasteiger partial charge on any atom is 0.416 e. The van der Waals surface area contributed by atoms with Crippen LogP contribution in [0.3, 0.4) is 0 Å². The van der Waals surface area contributed by atoms with E-state index < -0.39 is 11.7 Å². The zero-order chi connectivity index (χ0) is 13.5. The molecule has 0 amide bonds. The second-order valence-electron chi connectivity index (χ2n) is 4.52. The number of rotatable bonds is 1. The number of benzene rings is 1. The molecular weight excluding hydrogens is 271 g/mol. The molecule has 1 aliphatic heterocycles. The molecule has 19 heavy (non-hydrogen) atoms. The maximum atomic E-state index is 13.1. The summed E-state index contributed by atoms with van der Waals surface area (Å²) in [7, 11) is 0. The van der Waals surface area contributed by atoms with Gasteiger partial charge in [-0.2, -0.15) is 13.2 Å². The summed E-state index contributed by atoms with van der Waals surface area (Å²) in [4.78, 5) is 1.18. The van der Waals surface area contributed by atoms with Crippen molar-refractivity contribution < 1.29 is 13.2 Å². The Morgan fingerprint density at radius 1 is 1.11 bits per heavy atom. The normalized spacial score (nSPS) is 19.2. The van der Waals surface area contributed by atoms with Crippen molar-refractivity contribution in [3.05, 3.63) is 57.3 Å². The summed E-state index contributed by atoms with van der Waals surface area (Å²) >= 11 is 1.62. The van der Waals surface area contributed by atoms with Gasteiger partial charge in [-0.05, 0) is 35.1 Å². The van der Waals surface area contributed by atoms with Gasteiger partial charge < -0.3 is 5.32 Å². The first-order valence-corrected chi connectivity index (χ1v) is 6.91. The molecule has 0 fully saturated rings. The molecule has 1 nitrogen and oxygen atoms in total. The van der Waals surface area contributed by atoms with Crippen molar-refractivity contribution in [2.75, 3.05) is 6.54 Å². The average Bonchev–Trinajstić information content (AvgIpc) is 2.85. The van der Waals surface area contributed by atoms with Crippen LogP contribution in [0.2, 0.25) is 0 Å². The van der Waals surface area contributed by atoms with Crippen LogP contribution < -0.4 is 5.32 Å². The van der Waals surface area contributed by atoms with E-state index in [-0.39, 0.29) is 6.04 Å². The predicted octanol–water partition coefficient (Wildman–Crippen LogP) is 4.00. The molecule has 1 aliphatic rings. The molecule has 0 radical (unpaired) electrons. The summed E-state index contributed by atoms with van der Waals surface area (Å²) in [5.74, 6) is 0. The number of nitrogens with one attached hydrogen (secondary N) is 1. The molecule has 1 N–H and O–H groups in total. The van der Waals surface area contributed by atoms with Gasteiger partial charge in [0.15, 0.2) is 0 Å². The molecule has 1 unspecified atom stereocenters. The fourth-order valence-electron chi connectivity index (χ4n) is 2.54. The summed E-state index contributed by atoms with van der Waals surface area (Å²) < 4.78 is 39.2. The number of halogens is 3. The SMILES string of the molecule is FC(F)(F)c1ccccc1C1NCCc2sccc21. The monoisotopic (exact) mass is 283 g/mol. The summed E-state index contributed by atoms with van der Waals surface area (Å²) in [5.41, 5.74) is 0.744. The third kappa shape index (κ3) is 2.28. The van der Waals surface area contributed by atoms with E-state index in [9.17, 15) is 13.2 Å². The number of thiophene rings is 1. The van der Waals surface area contributed by atoms with Gasteiger partial charge in [0.05, 0.1) is 11.6 Å². The first-order valence-electron chi connectivity index (χ1n) is 6.03. The molecule has 3 rings (SSSR count). The van der Waals surface area contributed by atoms with Crippen LogP contribution in [0.15, 0.2) is 35.7 Å². The number of hydrogen-bond donors (Lipinski definition) is 1. The first-order chi connectivity index (χ1) is 9.07. The zero-order valence-corrected chi connectivity index (χ0v) is 10.8. The van der Waals surface area contributed by atoms with Crippen LogP contribution in [0.4, 0.5) is 13.2 Å². The van der Waals surface area contributed by atoms with Gasteiger partial charge >= 0.3 is 6.18 Å². The minimum absolute atomic E-state index is 0.314. The number of alkyl halides is 3. The highest BCUT2D eigenvalue weighted by atomic mass is 32.1. The Bertz CT molecular complexity index is 588. The van der Waals surface area contributed by atoms with Gasteiger partial charge in [-0.1, -0.05) is 18.2 Å². The van der Waals surface area contributed by atoms with Gasteiger partial charge in [0.2, 0.25) is 0 Å². The average molecular weight is 283 g/mol. The molecule has 0 bridgehead atoms. The molecule has 1 aromatic carbocycles. The van der Waals surface area contributed by atoms with Crippen LogP contribution in [0.5, 0.6) is 0 Å². The van der Waals surface area contributed by atoms with E-state index in [1.54, 1.807) is 23.5 Å². The zero-order valence-electron chi connectivity index (χ0n) is 10.00. The van der Waals surface area contributed by atoms with Crippen LogP contribution in [-0.2, 0) is 12.6 Å².